The second-order valence-electron chi connectivity index (χ2n) is 10.5. The monoisotopic (exact) mass is 465 g/mol. The number of carbonyl (C=O) groups excluding carboxylic acids is 1. The Morgan fingerprint density at radius 1 is 1.06 bits per heavy atom. The van der Waals surface area contributed by atoms with E-state index in [9.17, 15) is 13.2 Å². The number of nitrogens with zero attached hydrogens (tertiary/aromatic N) is 1. The highest BCUT2D eigenvalue weighted by Crippen LogP contribution is 2.62. The van der Waals surface area contributed by atoms with Crippen LogP contribution in [0.2, 0.25) is 0 Å². The van der Waals surface area contributed by atoms with Gasteiger partial charge in [-0.05, 0) is 54.2 Å². The van der Waals surface area contributed by atoms with Crippen molar-refractivity contribution in [1.82, 2.24) is 9.29 Å². The zero-order valence-corrected chi connectivity index (χ0v) is 20.4. The molecule has 7 heteroatoms. The fourth-order valence-corrected chi connectivity index (χ4v) is 7.73. The van der Waals surface area contributed by atoms with Crippen molar-refractivity contribution < 1.29 is 13.2 Å². The van der Waals surface area contributed by atoms with Gasteiger partial charge in [-0.1, -0.05) is 45.0 Å². The lowest BCUT2D eigenvalue weighted by Gasteiger charge is -2.43. The van der Waals surface area contributed by atoms with Crippen molar-refractivity contribution in [2.75, 3.05) is 12.4 Å². The van der Waals surface area contributed by atoms with Crippen LogP contribution in [0.25, 0.3) is 10.8 Å². The van der Waals surface area contributed by atoms with Crippen LogP contribution in [0.4, 0.5) is 5.69 Å². The first-order chi connectivity index (χ1) is 15.6. The van der Waals surface area contributed by atoms with E-state index >= 15 is 0 Å². The molecule has 2 aliphatic rings. The smallest absolute Gasteiger partial charge is 0.269 e. The van der Waals surface area contributed by atoms with Gasteiger partial charge in [0.05, 0.1) is 5.69 Å². The number of aromatic nitrogens is 1. The minimum Gasteiger partial charge on any atom is -0.387 e. The van der Waals surface area contributed by atoms with Gasteiger partial charge in [0, 0.05) is 41.8 Å². The molecule has 0 radical (unpaired) electrons. The molecule has 3 aromatic rings. The highest BCUT2D eigenvalue weighted by Gasteiger charge is 2.59. The van der Waals surface area contributed by atoms with E-state index in [0.717, 1.165) is 23.6 Å². The van der Waals surface area contributed by atoms with E-state index in [-0.39, 0.29) is 27.7 Å². The minimum atomic E-state index is -3.90. The number of anilines is 1. The lowest BCUT2D eigenvalue weighted by atomic mass is 9.68. The molecular weight excluding hydrogens is 434 g/mol. The maximum atomic E-state index is 13.6. The van der Waals surface area contributed by atoms with Crippen LogP contribution in [0, 0.1) is 16.7 Å². The first-order valence-corrected chi connectivity index (χ1v) is 13.0. The van der Waals surface area contributed by atoms with E-state index in [1.807, 2.05) is 24.3 Å². The first-order valence-electron chi connectivity index (χ1n) is 11.5. The van der Waals surface area contributed by atoms with Gasteiger partial charge in [-0.2, -0.15) is 0 Å². The molecule has 1 amide bonds. The van der Waals surface area contributed by atoms with Crippen LogP contribution < -0.4 is 10.6 Å². The van der Waals surface area contributed by atoms with Gasteiger partial charge >= 0.3 is 0 Å². The van der Waals surface area contributed by atoms with Gasteiger partial charge < -0.3 is 10.6 Å². The van der Waals surface area contributed by atoms with E-state index in [1.54, 1.807) is 31.6 Å². The number of hydrogen-bond acceptors (Lipinski definition) is 4. The Bertz CT molecular complexity index is 1320. The van der Waals surface area contributed by atoms with Crippen LogP contribution in [0.15, 0.2) is 59.8 Å². The average Bonchev–Trinajstić information content (AvgIpc) is 3.45. The molecule has 0 saturated heterocycles. The van der Waals surface area contributed by atoms with E-state index < -0.39 is 10.0 Å². The molecule has 0 spiro atoms. The summed E-state index contributed by atoms with van der Waals surface area (Å²) in [5, 5.41) is 7.92. The third-order valence-electron chi connectivity index (χ3n) is 8.14. The number of benzene rings is 2. The summed E-state index contributed by atoms with van der Waals surface area (Å²) in [6, 6.07) is 12.4. The van der Waals surface area contributed by atoms with E-state index in [4.69, 9.17) is 0 Å². The van der Waals surface area contributed by atoms with Gasteiger partial charge in [-0.3, -0.25) is 4.79 Å². The molecule has 2 bridgehead atoms. The molecule has 2 saturated carbocycles. The summed E-state index contributed by atoms with van der Waals surface area (Å²) in [6.45, 7) is 6.75. The first kappa shape index (κ1) is 22.0. The molecule has 2 aliphatic carbocycles. The highest BCUT2D eigenvalue weighted by molar-refractivity contribution is 7.90. The number of rotatable bonds is 5. The third kappa shape index (κ3) is 3.36. The molecule has 2 fully saturated rings. The fourth-order valence-electron chi connectivity index (χ4n) is 6.27. The van der Waals surface area contributed by atoms with Gasteiger partial charge in [0.1, 0.15) is 4.90 Å². The molecule has 1 aromatic heterocycles. The molecule has 1 heterocycles. The predicted octanol–water partition coefficient (Wildman–Crippen LogP) is 4.86. The van der Waals surface area contributed by atoms with Crippen molar-refractivity contribution in [3.63, 3.8) is 0 Å². The van der Waals surface area contributed by atoms with Gasteiger partial charge in [-0.25, -0.2) is 12.4 Å². The van der Waals surface area contributed by atoms with Crippen molar-refractivity contribution in [2.24, 2.45) is 16.7 Å². The molecule has 0 aliphatic heterocycles. The standard InChI is InChI=1S/C26H31N3O3S/c1-25(2)20-11-12-26(3,14-20)24(25)28-23(30)17-9-10-21(27-4)22(13-17)33(31,32)29-15-18-7-5-6-8-19(18)16-29/h5-10,13,15-16,20,24,27H,11-12,14H2,1-4H3,(H,28,30). The summed E-state index contributed by atoms with van der Waals surface area (Å²) < 4.78 is 28.3. The normalized spacial score (nSPS) is 25.9. The second-order valence-corrected chi connectivity index (χ2v) is 12.3. The number of carbonyl (C=O) groups is 1. The molecule has 3 unspecified atom stereocenters. The fraction of sp³-hybridized carbons (Fsp3) is 0.423. The van der Waals surface area contributed by atoms with Gasteiger partial charge in [0.25, 0.3) is 15.9 Å². The quantitative estimate of drug-likeness (QED) is 0.564. The summed E-state index contributed by atoms with van der Waals surface area (Å²) in [7, 11) is -2.22. The second kappa shape index (κ2) is 7.35. The molecule has 3 atom stereocenters. The lowest BCUT2D eigenvalue weighted by Crippen LogP contribution is -2.52. The largest absolute Gasteiger partial charge is 0.387 e. The van der Waals surface area contributed by atoms with Crippen molar-refractivity contribution in [1.29, 1.82) is 0 Å². The summed E-state index contributed by atoms with van der Waals surface area (Å²) in [5.74, 6) is 0.386. The zero-order valence-electron chi connectivity index (χ0n) is 19.6. The van der Waals surface area contributed by atoms with Gasteiger partial charge in [0.15, 0.2) is 0 Å². The zero-order chi connectivity index (χ0) is 23.6. The molecule has 6 nitrogen and oxygen atoms in total. The van der Waals surface area contributed by atoms with Crippen LogP contribution >= 0.6 is 0 Å². The van der Waals surface area contributed by atoms with Gasteiger partial charge in [0.2, 0.25) is 0 Å². The number of nitrogens with one attached hydrogen (secondary N) is 2. The SMILES string of the molecule is CNc1ccc(C(=O)NC2C3(C)CCC(C3)C2(C)C)cc1S(=O)(=O)n1cc2ccccc2c1. The average molecular weight is 466 g/mol. The Hall–Kier alpha value is -2.80. The Kier molecular flexibility index (Phi) is 4.90. The van der Waals surface area contributed by atoms with E-state index in [2.05, 4.69) is 31.4 Å². The molecule has 2 aromatic carbocycles. The van der Waals surface area contributed by atoms with Crippen LogP contribution in [0.3, 0.4) is 0 Å². The van der Waals surface area contributed by atoms with E-state index in [1.165, 1.54) is 16.5 Å². The van der Waals surface area contributed by atoms with Crippen molar-refractivity contribution in [3.05, 3.63) is 60.4 Å². The Morgan fingerprint density at radius 3 is 2.30 bits per heavy atom. The number of fused-ring (bicyclic) bond motifs is 3. The summed E-state index contributed by atoms with van der Waals surface area (Å²) in [4.78, 5) is 13.4. The van der Waals surface area contributed by atoms with Crippen molar-refractivity contribution >= 4 is 32.4 Å². The topological polar surface area (TPSA) is 80.2 Å². The van der Waals surface area contributed by atoms with E-state index in [0.29, 0.717) is 17.2 Å². The number of amides is 1. The van der Waals surface area contributed by atoms with Crippen molar-refractivity contribution in [2.45, 2.75) is 51.0 Å². The van der Waals surface area contributed by atoms with Crippen LogP contribution in [0.1, 0.15) is 50.4 Å². The van der Waals surface area contributed by atoms with Crippen LogP contribution in [-0.2, 0) is 10.0 Å². The Balaban J connectivity index is 1.50. The summed E-state index contributed by atoms with van der Waals surface area (Å²) >= 11 is 0. The summed E-state index contributed by atoms with van der Waals surface area (Å²) in [5.41, 5.74) is 0.922. The number of hydrogen-bond donors (Lipinski definition) is 2. The molecule has 5 rings (SSSR count). The highest BCUT2D eigenvalue weighted by atomic mass is 32.2. The molecule has 2 N–H and O–H groups in total. The maximum Gasteiger partial charge on any atom is 0.269 e. The molecule has 33 heavy (non-hydrogen) atoms. The molecular formula is C26H31N3O3S. The third-order valence-corrected chi connectivity index (χ3v) is 9.80. The maximum absolute atomic E-state index is 13.6. The molecule has 174 valence electrons. The van der Waals surface area contributed by atoms with Gasteiger partial charge in [-0.15, -0.1) is 0 Å². The predicted molar refractivity (Wildman–Crippen MR) is 131 cm³/mol. The van der Waals surface area contributed by atoms with Crippen LogP contribution in [0.5, 0.6) is 0 Å². The lowest BCUT2D eigenvalue weighted by molar-refractivity contribution is 0.0737. The summed E-state index contributed by atoms with van der Waals surface area (Å²) in [6.07, 6.45) is 6.67. The Morgan fingerprint density at radius 2 is 1.73 bits per heavy atom. The van der Waals surface area contributed by atoms with Crippen molar-refractivity contribution in [3.8, 4) is 0 Å². The Labute approximate surface area is 195 Å². The minimum absolute atomic E-state index is 0.0216. The van der Waals surface area contributed by atoms with Crippen LogP contribution in [-0.4, -0.2) is 31.4 Å².